The quantitative estimate of drug-likeness (QED) is 0.640. The van der Waals surface area contributed by atoms with Crippen molar-refractivity contribution in [1.82, 2.24) is 4.98 Å². The van der Waals surface area contributed by atoms with Crippen LogP contribution in [0.5, 0.6) is 0 Å². The minimum atomic E-state index is 0.477. The van der Waals surface area contributed by atoms with Gasteiger partial charge in [0.2, 0.25) is 0 Å². The minimum absolute atomic E-state index is 0.477. The molecular formula is C9H8Br2N2. The van der Waals surface area contributed by atoms with Crippen molar-refractivity contribution in [3.05, 3.63) is 22.3 Å². The van der Waals surface area contributed by atoms with E-state index >= 15 is 0 Å². The number of aromatic nitrogens is 1. The zero-order chi connectivity index (χ0) is 9.68. The number of nitrogen functional groups attached to an aromatic ring is 1. The summed E-state index contributed by atoms with van der Waals surface area (Å²) in [5.41, 5.74) is 6.40. The second-order valence-electron chi connectivity index (χ2n) is 2.33. The third-order valence-corrected chi connectivity index (χ3v) is 2.16. The number of nitrogens with two attached hydrogens (primary N) is 1. The lowest BCUT2D eigenvalue weighted by atomic mass is 10.2. The average molecular weight is 304 g/mol. The van der Waals surface area contributed by atoms with Gasteiger partial charge in [-0.1, -0.05) is 27.8 Å². The van der Waals surface area contributed by atoms with Crippen LogP contribution in [0.15, 0.2) is 16.7 Å². The summed E-state index contributed by atoms with van der Waals surface area (Å²) in [6.07, 6.45) is 2.47. The predicted octanol–water partition coefficient (Wildman–Crippen LogP) is 2.56. The molecular weight excluding hydrogens is 296 g/mol. The highest BCUT2D eigenvalue weighted by Crippen LogP contribution is 2.14. The van der Waals surface area contributed by atoms with Gasteiger partial charge in [-0.2, -0.15) is 0 Å². The number of anilines is 1. The SMILES string of the molecule is Nc1ncc(Br)cc1C#CCCBr. The summed E-state index contributed by atoms with van der Waals surface area (Å²) in [6.45, 7) is 0. The Kier molecular flexibility index (Phi) is 4.26. The van der Waals surface area contributed by atoms with Crippen LogP contribution >= 0.6 is 31.9 Å². The number of halogens is 2. The van der Waals surface area contributed by atoms with E-state index in [9.17, 15) is 0 Å². The number of nitrogens with zero attached hydrogens (tertiary/aromatic N) is 1. The Morgan fingerprint density at radius 2 is 2.31 bits per heavy atom. The lowest BCUT2D eigenvalue weighted by molar-refractivity contribution is 1.29. The van der Waals surface area contributed by atoms with E-state index in [1.165, 1.54) is 0 Å². The van der Waals surface area contributed by atoms with Crippen molar-refractivity contribution in [2.24, 2.45) is 0 Å². The molecule has 1 aromatic heterocycles. The molecule has 0 fully saturated rings. The first-order valence-corrected chi connectivity index (χ1v) is 5.61. The Hall–Kier alpha value is -0.530. The first-order chi connectivity index (χ1) is 6.24. The Bertz CT molecular complexity index is 352. The fourth-order valence-electron chi connectivity index (χ4n) is 0.755. The molecule has 0 spiro atoms. The zero-order valence-corrected chi connectivity index (χ0v) is 10.0. The molecule has 0 atom stereocenters. The topological polar surface area (TPSA) is 38.9 Å². The van der Waals surface area contributed by atoms with E-state index in [4.69, 9.17) is 5.73 Å². The Morgan fingerprint density at radius 3 is 3.00 bits per heavy atom. The second kappa shape index (κ2) is 5.25. The molecule has 0 aromatic carbocycles. The van der Waals surface area contributed by atoms with Crippen LogP contribution in [0.3, 0.4) is 0 Å². The largest absolute Gasteiger partial charge is 0.383 e. The molecule has 0 amide bonds. The van der Waals surface area contributed by atoms with Crippen LogP contribution in [-0.2, 0) is 0 Å². The molecule has 0 radical (unpaired) electrons. The van der Waals surface area contributed by atoms with Gasteiger partial charge in [0.15, 0.2) is 0 Å². The van der Waals surface area contributed by atoms with Crippen molar-refractivity contribution in [2.75, 3.05) is 11.1 Å². The number of pyridine rings is 1. The average Bonchev–Trinajstić information content (AvgIpc) is 2.11. The molecule has 68 valence electrons. The van der Waals surface area contributed by atoms with E-state index in [1.807, 2.05) is 6.07 Å². The molecule has 0 saturated heterocycles. The molecule has 2 N–H and O–H groups in total. The van der Waals surface area contributed by atoms with Crippen molar-refractivity contribution in [2.45, 2.75) is 6.42 Å². The van der Waals surface area contributed by atoms with Crippen LogP contribution < -0.4 is 5.73 Å². The molecule has 2 nitrogen and oxygen atoms in total. The van der Waals surface area contributed by atoms with Gasteiger partial charge >= 0.3 is 0 Å². The van der Waals surface area contributed by atoms with Gasteiger partial charge < -0.3 is 5.73 Å². The van der Waals surface area contributed by atoms with Gasteiger partial charge in [0.05, 0.1) is 5.56 Å². The highest BCUT2D eigenvalue weighted by molar-refractivity contribution is 9.10. The summed E-state index contributed by atoms with van der Waals surface area (Å²) in [4.78, 5) is 3.97. The van der Waals surface area contributed by atoms with Gasteiger partial charge in [0.1, 0.15) is 5.82 Å². The third-order valence-electron chi connectivity index (χ3n) is 1.33. The van der Waals surface area contributed by atoms with E-state index in [1.54, 1.807) is 6.20 Å². The predicted molar refractivity (Wildman–Crippen MR) is 61.6 cm³/mol. The summed E-state index contributed by atoms with van der Waals surface area (Å²) >= 11 is 6.61. The molecule has 1 aromatic rings. The van der Waals surface area contributed by atoms with Gasteiger partial charge in [-0.3, -0.25) is 0 Å². The summed E-state index contributed by atoms with van der Waals surface area (Å²) in [6, 6.07) is 1.86. The van der Waals surface area contributed by atoms with Crippen molar-refractivity contribution >= 4 is 37.7 Å². The first kappa shape index (κ1) is 10.6. The monoisotopic (exact) mass is 302 g/mol. The molecule has 0 unspecified atom stereocenters. The number of rotatable bonds is 1. The number of hydrogen-bond donors (Lipinski definition) is 1. The fourth-order valence-corrected chi connectivity index (χ4v) is 1.28. The number of alkyl halides is 1. The maximum atomic E-state index is 5.63. The van der Waals surface area contributed by atoms with Gasteiger partial charge in [0.25, 0.3) is 0 Å². The van der Waals surface area contributed by atoms with E-state index in [2.05, 4.69) is 48.7 Å². The molecule has 0 aliphatic heterocycles. The Morgan fingerprint density at radius 1 is 1.54 bits per heavy atom. The molecule has 0 saturated carbocycles. The van der Waals surface area contributed by atoms with E-state index < -0.39 is 0 Å². The van der Waals surface area contributed by atoms with Crippen molar-refractivity contribution in [3.63, 3.8) is 0 Å². The van der Waals surface area contributed by atoms with E-state index in [-0.39, 0.29) is 0 Å². The van der Waals surface area contributed by atoms with E-state index in [0.717, 1.165) is 21.8 Å². The molecule has 0 aliphatic rings. The van der Waals surface area contributed by atoms with E-state index in [0.29, 0.717) is 5.82 Å². The lowest BCUT2D eigenvalue weighted by Gasteiger charge is -1.96. The third kappa shape index (κ3) is 3.37. The van der Waals surface area contributed by atoms with Crippen LogP contribution in [-0.4, -0.2) is 10.3 Å². The standard InChI is InChI=1S/C9H8Br2N2/c10-4-2-1-3-7-5-8(11)6-13-9(7)12/h5-6H,2,4H2,(H2,12,13). The molecule has 0 aliphatic carbocycles. The van der Waals surface area contributed by atoms with Gasteiger partial charge in [-0.05, 0) is 22.0 Å². The van der Waals surface area contributed by atoms with Gasteiger partial charge in [-0.15, -0.1) is 0 Å². The maximum Gasteiger partial charge on any atom is 0.139 e. The summed E-state index contributed by atoms with van der Waals surface area (Å²) < 4.78 is 0.893. The fraction of sp³-hybridized carbons (Fsp3) is 0.222. The Balaban J connectivity index is 2.89. The Labute approximate surface area is 94.2 Å². The van der Waals surface area contributed by atoms with Crippen LogP contribution in [0.4, 0.5) is 5.82 Å². The van der Waals surface area contributed by atoms with Gasteiger partial charge in [0, 0.05) is 22.4 Å². The van der Waals surface area contributed by atoms with Crippen molar-refractivity contribution in [1.29, 1.82) is 0 Å². The smallest absolute Gasteiger partial charge is 0.139 e. The maximum absolute atomic E-state index is 5.63. The molecule has 0 bridgehead atoms. The van der Waals surface area contributed by atoms with Crippen molar-refractivity contribution in [3.8, 4) is 11.8 Å². The molecule has 1 rings (SSSR count). The summed E-state index contributed by atoms with van der Waals surface area (Å²) in [5, 5.41) is 0.876. The van der Waals surface area contributed by atoms with Crippen LogP contribution in [0.2, 0.25) is 0 Å². The normalized spacial score (nSPS) is 9.08. The second-order valence-corrected chi connectivity index (χ2v) is 4.04. The number of hydrogen-bond acceptors (Lipinski definition) is 2. The highest BCUT2D eigenvalue weighted by Gasteiger charge is 1.96. The molecule has 4 heteroatoms. The molecule has 1 heterocycles. The van der Waals surface area contributed by atoms with Crippen LogP contribution in [0, 0.1) is 11.8 Å². The summed E-state index contributed by atoms with van der Waals surface area (Å²) in [5.74, 6) is 6.42. The molecule has 13 heavy (non-hydrogen) atoms. The lowest BCUT2D eigenvalue weighted by Crippen LogP contribution is -1.93. The van der Waals surface area contributed by atoms with Crippen LogP contribution in [0.1, 0.15) is 12.0 Å². The van der Waals surface area contributed by atoms with Gasteiger partial charge in [-0.25, -0.2) is 4.98 Å². The first-order valence-electron chi connectivity index (χ1n) is 3.70. The minimum Gasteiger partial charge on any atom is -0.383 e. The van der Waals surface area contributed by atoms with Crippen molar-refractivity contribution < 1.29 is 0 Å². The summed E-state index contributed by atoms with van der Waals surface area (Å²) in [7, 11) is 0. The zero-order valence-electron chi connectivity index (χ0n) is 6.85. The van der Waals surface area contributed by atoms with Crippen LogP contribution in [0.25, 0.3) is 0 Å². The highest BCUT2D eigenvalue weighted by atomic mass is 79.9.